The number of thiazole rings is 1. The predicted molar refractivity (Wildman–Crippen MR) is 101 cm³/mol. The Morgan fingerprint density at radius 2 is 2.08 bits per heavy atom. The standard InChI is InChI=1S/C14H21F3N4O2S.HI/c1-18-12(20-9-13(22-2)3-5-23-6-4-13)19-7-11-21-10(8-24-11)14(15,16)17;/h8H,3-7,9H2,1-2H3,(H2,18,19,20);1H. The molecule has 2 N–H and O–H groups in total. The highest BCUT2D eigenvalue weighted by molar-refractivity contribution is 14.0. The van der Waals surface area contributed by atoms with Gasteiger partial charge in [-0.2, -0.15) is 13.2 Å². The second-order valence-electron chi connectivity index (χ2n) is 5.40. The van der Waals surface area contributed by atoms with Crippen molar-refractivity contribution in [3.63, 3.8) is 0 Å². The van der Waals surface area contributed by atoms with Gasteiger partial charge in [0.1, 0.15) is 5.01 Å². The molecule has 0 aliphatic carbocycles. The van der Waals surface area contributed by atoms with Crippen LogP contribution in [0.2, 0.25) is 0 Å². The van der Waals surface area contributed by atoms with Gasteiger partial charge in [-0.05, 0) is 0 Å². The van der Waals surface area contributed by atoms with Crippen LogP contribution in [0.15, 0.2) is 10.4 Å². The first-order valence-corrected chi connectivity index (χ1v) is 8.35. The highest BCUT2D eigenvalue weighted by atomic mass is 127. The quantitative estimate of drug-likeness (QED) is 0.375. The molecule has 1 saturated heterocycles. The average Bonchev–Trinajstić information content (AvgIpc) is 3.05. The maximum atomic E-state index is 12.5. The van der Waals surface area contributed by atoms with Crippen LogP contribution in [0.4, 0.5) is 13.2 Å². The molecular weight excluding hydrogens is 472 g/mol. The topological polar surface area (TPSA) is 67.8 Å². The van der Waals surface area contributed by atoms with Gasteiger partial charge in [0.2, 0.25) is 0 Å². The van der Waals surface area contributed by atoms with E-state index in [0.717, 1.165) is 29.6 Å². The lowest BCUT2D eigenvalue weighted by atomic mass is 9.94. The van der Waals surface area contributed by atoms with Gasteiger partial charge in [0.25, 0.3) is 0 Å². The molecule has 1 aliphatic heterocycles. The molecule has 0 unspecified atom stereocenters. The van der Waals surface area contributed by atoms with Crippen LogP contribution < -0.4 is 10.6 Å². The molecule has 1 aromatic rings. The summed E-state index contributed by atoms with van der Waals surface area (Å²) >= 11 is 0.961. The number of halogens is 4. The molecule has 0 amide bonds. The summed E-state index contributed by atoms with van der Waals surface area (Å²) in [4.78, 5) is 7.65. The first-order valence-electron chi connectivity index (χ1n) is 7.47. The van der Waals surface area contributed by atoms with E-state index in [9.17, 15) is 13.2 Å². The summed E-state index contributed by atoms with van der Waals surface area (Å²) in [5, 5.41) is 7.47. The molecule has 0 bridgehead atoms. The van der Waals surface area contributed by atoms with Gasteiger partial charge in [0, 0.05) is 52.1 Å². The fraction of sp³-hybridized carbons (Fsp3) is 0.714. The molecule has 11 heteroatoms. The van der Waals surface area contributed by atoms with Crippen molar-refractivity contribution in [3.05, 3.63) is 16.1 Å². The van der Waals surface area contributed by atoms with Crippen LogP contribution in [-0.4, -0.2) is 50.5 Å². The highest BCUT2D eigenvalue weighted by Crippen LogP contribution is 2.30. The van der Waals surface area contributed by atoms with Crippen molar-refractivity contribution >= 4 is 41.3 Å². The molecule has 2 heterocycles. The molecule has 144 valence electrons. The normalized spacial score (nSPS) is 17.7. The molecule has 0 radical (unpaired) electrons. The number of nitrogens with zero attached hydrogens (tertiary/aromatic N) is 2. The number of guanidine groups is 1. The number of nitrogens with one attached hydrogen (secondary N) is 2. The number of hydrogen-bond donors (Lipinski definition) is 2. The summed E-state index contributed by atoms with van der Waals surface area (Å²) in [6.45, 7) is 1.99. The SMILES string of the molecule is CN=C(NCc1nc(C(F)(F)F)cs1)NCC1(OC)CCOCC1.I. The minimum Gasteiger partial charge on any atom is -0.381 e. The fourth-order valence-corrected chi connectivity index (χ4v) is 3.08. The zero-order valence-corrected chi connectivity index (χ0v) is 17.1. The summed E-state index contributed by atoms with van der Waals surface area (Å²) in [7, 11) is 3.26. The van der Waals surface area contributed by atoms with E-state index in [1.165, 1.54) is 0 Å². The van der Waals surface area contributed by atoms with E-state index in [1.807, 2.05) is 0 Å². The van der Waals surface area contributed by atoms with Crippen LogP contribution in [0.3, 0.4) is 0 Å². The monoisotopic (exact) mass is 494 g/mol. The number of ether oxygens (including phenoxy) is 2. The lowest BCUT2D eigenvalue weighted by Crippen LogP contribution is -2.50. The largest absolute Gasteiger partial charge is 0.434 e. The Morgan fingerprint density at radius 3 is 2.60 bits per heavy atom. The van der Waals surface area contributed by atoms with Gasteiger partial charge < -0.3 is 20.1 Å². The lowest BCUT2D eigenvalue weighted by Gasteiger charge is -2.36. The van der Waals surface area contributed by atoms with Gasteiger partial charge in [0.05, 0.1) is 12.1 Å². The maximum absolute atomic E-state index is 12.5. The maximum Gasteiger partial charge on any atom is 0.434 e. The van der Waals surface area contributed by atoms with E-state index in [-0.39, 0.29) is 36.1 Å². The van der Waals surface area contributed by atoms with E-state index in [0.29, 0.717) is 30.7 Å². The third kappa shape index (κ3) is 6.53. The Bertz CT molecular complexity index is 563. The molecule has 2 rings (SSSR count). The van der Waals surface area contributed by atoms with Crippen molar-refractivity contribution in [3.8, 4) is 0 Å². The van der Waals surface area contributed by atoms with E-state index in [1.54, 1.807) is 14.2 Å². The first kappa shape index (κ1) is 22.4. The predicted octanol–water partition coefficient (Wildman–Crippen LogP) is 2.64. The number of methoxy groups -OCH3 is 1. The average molecular weight is 494 g/mol. The summed E-state index contributed by atoms with van der Waals surface area (Å²) in [5.41, 5.74) is -1.19. The van der Waals surface area contributed by atoms with Gasteiger partial charge >= 0.3 is 6.18 Å². The van der Waals surface area contributed by atoms with E-state index >= 15 is 0 Å². The number of aliphatic imine (C=N–C) groups is 1. The van der Waals surface area contributed by atoms with Crippen LogP contribution >= 0.6 is 35.3 Å². The molecule has 6 nitrogen and oxygen atoms in total. The van der Waals surface area contributed by atoms with E-state index in [2.05, 4.69) is 20.6 Å². The van der Waals surface area contributed by atoms with Gasteiger partial charge in [-0.15, -0.1) is 35.3 Å². The highest BCUT2D eigenvalue weighted by Gasteiger charge is 2.34. The van der Waals surface area contributed by atoms with E-state index < -0.39 is 11.9 Å². The Hall–Kier alpha value is -0.660. The van der Waals surface area contributed by atoms with Crippen LogP contribution in [0.5, 0.6) is 0 Å². The van der Waals surface area contributed by atoms with Gasteiger partial charge in [-0.25, -0.2) is 4.98 Å². The molecule has 1 aliphatic rings. The van der Waals surface area contributed by atoms with Gasteiger partial charge in [-0.3, -0.25) is 4.99 Å². The van der Waals surface area contributed by atoms with Crippen LogP contribution in [0.1, 0.15) is 23.5 Å². The molecule has 1 aromatic heterocycles. The second-order valence-corrected chi connectivity index (χ2v) is 6.35. The van der Waals surface area contributed by atoms with E-state index in [4.69, 9.17) is 9.47 Å². The smallest absolute Gasteiger partial charge is 0.381 e. The van der Waals surface area contributed by atoms with Crippen molar-refractivity contribution in [1.82, 2.24) is 15.6 Å². The molecule has 25 heavy (non-hydrogen) atoms. The summed E-state index contributed by atoms with van der Waals surface area (Å²) in [6.07, 6.45) is -2.87. The van der Waals surface area contributed by atoms with Crippen LogP contribution in [0, 0.1) is 0 Å². The molecule has 1 fully saturated rings. The lowest BCUT2D eigenvalue weighted by molar-refractivity contribution is -0.140. The zero-order chi connectivity index (χ0) is 17.6. The third-order valence-corrected chi connectivity index (χ3v) is 4.74. The van der Waals surface area contributed by atoms with Crippen LogP contribution in [-0.2, 0) is 22.2 Å². The van der Waals surface area contributed by atoms with Crippen molar-refractivity contribution in [2.75, 3.05) is 33.9 Å². The Morgan fingerprint density at radius 1 is 1.40 bits per heavy atom. The van der Waals surface area contributed by atoms with Gasteiger partial charge in [0.15, 0.2) is 11.7 Å². The van der Waals surface area contributed by atoms with Crippen LogP contribution in [0.25, 0.3) is 0 Å². The zero-order valence-electron chi connectivity index (χ0n) is 14.0. The first-order chi connectivity index (χ1) is 11.4. The minimum absolute atomic E-state index is 0. The second kappa shape index (κ2) is 9.88. The molecular formula is C14H22F3IN4O2S. The van der Waals surface area contributed by atoms with Gasteiger partial charge in [-0.1, -0.05) is 0 Å². The molecule has 0 saturated carbocycles. The van der Waals surface area contributed by atoms with Crippen molar-refractivity contribution in [2.24, 2.45) is 4.99 Å². The Balaban J connectivity index is 0.00000312. The Labute approximate surface area is 165 Å². The molecule has 0 spiro atoms. The molecule has 0 aromatic carbocycles. The number of rotatable bonds is 5. The summed E-state index contributed by atoms with van der Waals surface area (Å²) in [5.74, 6) is 0.488. The van der Waals surface area contributed by atoms with Crippen molar-refractivity contribution in [2.45, 2.75) is 31.2 Å². The number of alkyl halides is 3. The summed E-state index contributed by atoms with van der Waals surface area (Å²) < 4.78 is 48.6. The minimum atomic E-state index is -4.41. The van der Waals surface area contributed by atoms with Crippen molar-refractivity contribution in [1.29, 1.82) is 0 Å². The number of hydrogen-bond acceptors (Lipinski definition) is 5. The van der Waals surface area contributed by atoms with Crippen molar-refractivity contribution < 1.29 is 22.6 Å². The molecule has 0 atom stereocenters. The number of aromatic nitrogens is 1. The Kier molecular flexibility index (Phi) is 8.84. The summed E-state index contributed by atoms with van der Waals surface area (Å²) in [6, 6.07) is 0. The third-order valence-electron chi connectivity index (χ3n) is 3.89. The fourth-order valence-electron chi connectivity index (χ4n) is 2.34.